The largest absolute Gasteiger partial charge is 0.484 e. The summed E-state index contributed by atoms with van der Waals surface area (Å²) in [5, 5.41) is 11.5. The molecule has 1 aliphatic heterocycles. The van der Waals surface area contributed by atoms with Crippen molar-refractivity contribution in [3.8, 4) is 5.75 Å². The van der Waals surface area contributed by atoms with E-state index >= 15 is 0 Å². The van der Waals surface area contributed by atoms with Gasteiger partial charge in [-0.3, -0.25) is 14.9 Å². The minimum Gasteiger partial charge on any atom is -0.484 e. The van der Waals surface area contributed by atoms with Gasteiger partial charge >= 0.3 is 5.69 Å². The lowest BCUT2D eigenvalue weighted by Gasteiger charge is -2.39. The molecule has 0 fully saturated rings. The summed E-state index contributed by atoms with van der Waals surface area (Å²) in [6.45, 7) is 10.1. The van der Waals surface area contributed by atoms with Crippen molar-refractivity contribution in [3.05, 3.63) is 63.2 Å². The normalized spacial score (nSPS) is 18.4. The molecule has 0 bridgehead atoms. The molecular weight excluding hydrogens is 388 g/mol. The highest BCUT2D eigenvalue weighted by molar-refractivity contribution is 8.01. The second-order valence-corrected chi connectivity index (χ2v) is 8.86. The molecule has 7 heteroatoms. The Balaban J connectivity index is 2.08. The van der Waals surface area contributed by atoms with Gasteiger partial charge in [-0.1, -0.05) is 31.5 Å². The Hall–Kier alpha value is -2.38. The number of thioether (sulfide) groups is 1. The molecule has 29 heavy (non-hydrogen) atoms. The number of carbonyl (C=O) groups excluding carboxylic acids is 1. The summed E-state index contributed by atoms with van der Waals surface area (Å²) in [6, 6.07) is 11.2. The fraction of sp³-hybridized carbons (Fsp3) is 0.409. The van der Waals surface area contributed by atoms with Crippen LogP contribution in [0.1, 0.15) is 35.3 Å². The van der Waals surface area contributed by atoms with E-state index in [9.17, 15) is 14.9 Å². The van der Waals surface area contributed by atoms with E-state index in [2.05, 4.69) is 18.7 Å². The van der Waals surface area contributed by atoms with Crippen LogP contribution in [-0.4, -0.2) is 46.6 Å². The Morgan fingerprint density at radius 3 is 2.38 bits per heavy atom. The summed E-state index contributed by atoms with van der Waals surface area (Å²) >= 11 is 1.49. The molecule has 1 atom stereocenters. The Morgan fingerprint density at radius 1 is 1.14 bits per heavy atom. The van der Waals surface area contributed by atoms with Crippen LogP contribution in [0.3, 0.4) is 0 Å². The first kappa shape index (κ1) is 21.3. The van der Waals surface area contributed by atoms with Crippen LogP contribution in [0, 0.1) is 24.0 Å². The molecule has 2 aromatic carbocycles. The summed E-state index contributed by atoms with van der Waals surface area (Å²) in [6.07, 6.45) is 0. The number of aryl methyl sites for hydroxylation is 2. The number of nitro groups is 1. The van der Waals surface area contributed by atoms with Crippen LogP contribution in [-0.2, 0) is 0 Å². The third-order valence-corrected chi connectivity index (χ3v) is 6.56. The Labute approximate surface area is 175 Å². The van der Waals surface area contributed by atoms with Gasteiger partial charge in [0.25, 0.3) is 0 Å². The van der Waals surface area contributed by atoms with Gasteiger partial charge in [0.15, 0.2) is 5.78 Å². The van der Waals surface area contributed by atoms with Gasteiger partial charge in [0.1, 0.15) is 11.4 Å². The average Bonchev–Trinajstić information content (AvgIpc) is 2.70. The van der Waals surface area contributed by atoms with E-state index < -0.39 is 9.67 Å². The zero-order chi connectivity index (χ0) is 21.2. The second kappa shape index (κ2) is 8.55. The second-order valence-electron chi connectivity index (χ2n) is 7.41. The average molecular weight is 415 g/mol. The number of ketones is 1. The Kier molecular flexibility index (Phi) is 6.29. The molecule has 0 unspecified atom stereocenters. The molecule has 0 saturated carbocycles. The molecule has 0 aliphatic carbocycles. The van der Waals surface area contributed by atoms with Crippen molar-refractivity contribution in [2.45, 2.75) is 37.3 Å². The fourth-order valence-electron chi connectivity index (χ4n) is 3.58. The van der Waals surface area contributed by atoms with E-state index in [0.29, 0.717) is 17.7 Å². The number of hydrogen-bond acceptors (Lipinski definition) is 6. The third kappa shape index (κ3) is 4.31. The van der Waals surface area contributed by atoms with Crippen molar-refractivity contribution in [1.82, 2.24) is 4.90 Å². The molecule has 0 saturated heterocycles. The van der Waals surface area contributed by atoms with E-state index in [-0.39, 0.29) is 23.8 Å². The van der Waals surface area contributed by atoms with E-state index in [0.717, 1.165) is 23.5 Å². The van der Waals surface area contributed by atoms with Gasteiger partial charge in [0.05, 0.1) is 10.5 Å². The zero-order valence-corrected chi connectivity index (χ0v) is 18.0. The van der Waals surface area contributed by atoms with Gasteiger partial charge in [-0.2, -0.15) is 0 Å². The molecule has 1 aliphatic rings. The van der Waals surface area contributed by atoms with Crippen LogP contribution in [0.4, 0.5) is 5.69 Å². The topological polar surface area (TPSA) is 72.7 Å². The van der Waals surface area contributed by atoms with E-state index in [1.54, 1.807) is 13.0 Å². The van der Waals surface area contributed by atoms with Crippen molar-refractivity contribution in [2.24, 2.45) is 0 Å². The van der Waals surface area contributed by atoms with Crippen molar-refractivity contribution in [3.63, 3.8) is 0 Å². The maximum atomic E-state index is 13.8. The molecule has 1 heterocycles. The monoisotopic (exact) mass is 414 g/mol. The van der Waals surface area contributed by atoms with Gasteiger partial charge in [-0.05, 0) is 50.7 Å². The SMILES string of the molecule is CCN(CC)C[C@@]1(Sc2ccc(C)cc2)COc2c(cc(C)cc2[N+](=O)[O-])C1=O. The quantitative estimate of drug-likeness (QED) is 0.485. The highest BCUT2D eigenvalue weighted by Crippen LogP contribution is 2.45. The molecule has 0 aromatic heterocycles. The number of ether oxygens (including phenoxy) is 1. The fourth-order valence-corrected chi connectivity index (χ4v) is 4.87. The lowest BCUT2D eigenvalue weighted by Crippen LogP contribution is -2.52. The van der Waals surface area contributed by atoms with Crippen LogP contribution in [0.15, 0.2) is 41.3 Å². The first-order chi connectivity index (χ1) is 13.8. The number of hydrogen-bond donors (Lipinski definition) is 0. The molecule has 0 N–H and O–H groups in total. The van der Waals surface area contributed by atoms with Crippen molar-refractivity contribution in [2.75, 3.05) is 26.2 Å². The van der Waals surface area contributed by atoms with Gasteiger partial charge in [-0.25, -0.2) is 0 Å². The summed E-state index contributed by atoms with van der Waals surface area (Å²) in [7, 11) is 0. The smallest absolute Gasteiger partial charge is 0.311 e. The number of benzene rings is 2. The van der Waals surface area contributed by atoms with Crippen LogP contribution >= 0.6 is 11.8 Å². The van der Waals surface area contributed by atoms with Crippen LogP contribution in [0.5, 0.6) is 5.75 Å². The summed E-state index contributed by atoms with van der Waals surface area (Å²) in [5.74, 6) is -0.0201. The molecule has 0 spiro atoms. The lowest BCUT2D eigenvalue weighted by molar-refractivity contribution is -0.386. The minimum atomic E-state index is -0.865. The number of nitrogens with zero attached hydrogens (tertiary/aromatic N) is 2. The van der Waals surface area contributed by atoms with Gasteiger partial charge in [0, 0.05) is 17.5 Å². The summed E-state index contributed by atoms with van der Waals surface area (Å²) in [4.78, 5) is 27.9. The van der Waals surface area contributed by atoms with E-state index in [1.165, 1.54) is 17.8 Å². The number of fused-ring (bicyclic) bond motifs is 1. The molecule has 3 rings (SSSR count). The predicted octanol–water partition coefficient (Wildman–Crippen LogP) is 4.66. The van der Waals surface area contributed by atoms with E-state index in [4.69, 9.17) is 4.74 Å². The van der Waals surface area contributed by atoms with Crippen LogP contribution < -0.4 is 4.74 Å². The molecule has 2 aromatic rings. The molecule has 0 radical (unpaired) electrons. The maximum absolute atomic E-state index is 13.8. The molecular formula is C22H26N2O4S. The lowest BCUT2D eigenvalue weighted by atomic mass is 9.91. The minimum absolute atomic E-state index is 0.0882. The number of Topliss-reactive ketones (excluding diaryl/α,β-unsaturated/α-hetero) is 1. The number of nitro benzene ring substituents is 1. The van der Waals surface area contributed by atoms with Gasteiger partial charge in [-0.15, -0.1) is 11.8 Å². The zero-order valence-electron chi connectivity index (χ0n) is 17.2. The third-order valence-electron chi connectivity index (χ3n) is 5.23. The maximum Gasteiger partial charge on any atom is 0.311 e. The van der Waals surface area contributed by atoms with Crippen molar-refractivity contribution in [1.29, 1.82) is 0 Å². The molecule has 0 amide bonds. The standard InChI is InChI=1S/C22H26N2O4S/c1-5-23(6-2)13-22(29-17-9-7-15(3)8-10-17)14-28-20-18(21(22)25)11-16(4)12-19(20)24(26)27/h7-12H,5-6,13-14H2,1-4H3/t22-/m1/s1. The van der Waals surface area contributed by atoms with Crippen molar-refractivity contribution < 1.29 is 14.5 Å². The summed E-state index contributed by atoms with van der Waals surface area (Å²) < 4.78 is 5.07. The van der Waals surface area contributed by atoms with Crippen molar-refractivity contribution >= 4 is 23.2 Å². The Bertz CT molecular complexity index is 925. The van der Waals surface area contributed by atoms with E-state index in [1.807, 2.05) is 31.2 Å². The predicted molar refractivity (Wildman–Crippen MR) is 115 cm³/mol. The number of rotatable bonds is 7. The van der Waals surface area contributed by atoms with Gasteiger partial charge < -0.3 is 9.64 Å². The first-order valence-electron chi connectivity index (χ1n) is 9.74. The Morgan fingerprint density at radius 2 is 1.79 bits per heavy atom. The molecule has 154 valence electrons. The van der Waals surface area contributed by atoms with Crippen LogP contribution in [0.2, 0.25) is 0 Å². The van der Waals surface area contributed by atoms with Crippen LogP contribution in [0.25, 0.3) is 0 Å². The van der Waals surface area contributed by atoms with Gasteiger partial charge in [0.2, 0.25) is 5.75 Å². The number of carbonyl (C=O) groups is 1. The highest BCUT2D eigenvalue weighted by Gasteiger charge is 2.48. The highest BCUT2D eigenvalue weighted by atomic mass is 32.2. The molecule has 6 nitrogen and oxygen atoms in total. The first-order valence-corrected chi connectivity index (χ1v) is 10.6. The summed E-state index contributed by atoms with van der Waals surface area (Å²) in [5.41, 5.74) is 1.97.